The van der Waals surface area contributed by atoms with Gasteiger partial charge < -0.3 is 15.0 Å². The highest BCUT2D eigenvalue weighted by atomic mass is 16.5. The Balaban J connectivity index is 1.73. The van der Waals surface area contributed by atoms with Gasteiger partial charge in [0.25, 0.3) is 5.91 Å². The van der Waals surface area contributed by atoms with Crippen molar-refractivity contribution in [3.8, 4) is 11.5 Å². The number of likely N-dealkylation sites (N-methyl/N-ethyl adjacent to an activating group) is 1. The van der Waals surface area contributed by atoms with Gasteiger partial charge in [0.2, 0.25) is 0 Å². The molecule has 1 aromatic heterocycles. The smallest absolute Gasteiger partial charge is 0.255 e. The molecule has 0 spiro atoms. The lowest BCUT2D eigenvalue weighted by Crippen LogP contribution is -2.46. The van der Waals surface area contributed by atoms with Crippen LogP contribution in [0.5, 0.6) is 11.5 Å². The molecule has 0 bridgehead atoms. The largest absolute Gasteiger partial charge is 0.455 e. The van der Waals surface area contributed by atoms with Crippen molar-refractivity contribution in [1.82, 2.24) is 15.2 Å². The minimum absolute atomic E-state index is 0.0928. The average Bonchev–Trinajstić information content (AvgIpc) is 2.56. The van der Waals surface area contributed by atoms with E-state index in [2.05, 4.69) is 22.2 Å². The molecule has 120 valence electrons. The molecule has 1 aliphatic rings. The van der Waals surface area contributed by atoms with Gasteiger partial charge in [-0.25, -0.2) is 0 Å². The SMILES string of the molecule is CN1CCC[C@H](NC(=O)c2ccccc2Oc2cccnc2)C1. The Bertz CT molecular complexity index is 660. The number of ether oxygens (including phenoxy) is 1. The topological polar surface area (TPSA) is 54.5 Å². The van der Waals surface area contributed by atoms with Crippen LogP contribution in [-0.4, -0.2) is 42.0 Å². The fourth-order valence-corrected chi connectivity index (χ4v) is 2.83. The first kappa shape index (κ1) is 15.5. The van der Waals surface area contributed by atoms with E-state index in [1.54, 1.807) is 30.6 Å². The quantitative estimate of drug-likeness (QED) is 0.943. The van der Waals surface area contributed by atoms with E-state index in [0.29, 0.717) is 17.1 Å². The van der Waals surface area contributed by atoms with E-state index in [4.69, 9.17) is 4.74 Å². The van der Waals surface area contributed by atoms with Crippen molar-refractivity contribution in [2.45, 2.75) is 18.9 Å². The van der Waals surface area contributed by atoms with Crippen LogP contribution < -0.4 is 10.1 Å². The highest BCUT2D eigenvalue weighted by Gasteiger charge is 2.21. The summed E-state index contributed by atoms with van der Waals surface area (Å²) in [6.45, 7) is 1.98. The van der Waals surface area contributed by atoms with Gasteiger partial charge in [0.15, 0.2) is 0 Å². The third-order valence-corrected chi connectivity index (χ3v) is 3.95. The molecule has 1 N–H and O–H groups in total. The number of carbonyl (C=O) groups is 1. The zero-order chi connectivity index (χ0) is 16.1. The summed E-state index contributed by atoms with van der Waals surface area (Å²) in [5.41, 5.74) is 0.546. The number of benzene rings is 1. The van der Waals surface area contributed by atoms with Crippen molar-refractivity contribution in [1.29, 1.82) is 0 Å². The van der Waals surface area contributed by atoms with Crippen molar-refractivity contribution in [3.63, 3.8) is 0 Å². The Morgan fingerprint density at radius 2 is 2.17 bits per heavy atom. The van der Waals surface area contributed by atoms with Crippen LogP contribution in [-0.2, 0) is 0 Å². The molecule has 0 unspecified atom stereocenters. The second-order valence-electron chi connectivity index (χ2n) is 5.86. The second kappa shape index (κ2) is 7.24. The molecule has 3 rings (SSSR count). The monoisotopic (exact) mass is 311 g/mol. The second-order valence-corrected chi connectivity index (χ2v) is 5.86. The fourth-order valence-electron chi connectivity index (χ4n) is 2.83. The zero-order valence-electron chi connectivity index (χ0n) is 13.2. The van der Waals surface area contributed by atoms with Crippen molar-refractivity contribution in [2.24, 2.45) is 0 Å². The van der Waals surface area contributed by atoms with Crippen LogP contribution in [0.3, 0.4) is 0 Å². The third-order valence-electron chi connectivity index (χ3n) is 3.95. The number of piperidine rings is 1. The maximum Gasteiger partial charge on any atom is 0.255 e. The number of rotatable bonds is 4. The zero-order valence-corrected chi connectivity index (χ0v) is 13.2. The maximum atomic E-state index is 12.6. The molecule has 1 atom stereocenters. The molecule has 1 saturated heterocycles. The summed E-state index contributed by atoms with van der Waals surface area (Å²) in [6.07, 6.45) is 5.44. The van der Waals surface area contributed by atoms with Gasteiger partial charge >= 0.3 is 0 Å². The van der Waals surface area contributed by atoms with Gasteiger partial charge in [-0.15, -0.1) is 0 Å². The van der Waals surface area contributed by atoms with E-state index >= 15 is 0 Å². The highest BCUT2D eigenvalue weighted by molar-refractivity contribution is 5.97. The lowest BCUT2D eigenvalue weighted by atomic mass is 10.1. The fraction of sp³-hybridized carbons (Fsp3) is 0.333. The van der Waals surface area contributed by atoms with E-state index in [-0.39, 0.29) is 11.9 Å². The molecular formula is C18H21N3O2. The molecule has 23 heavy (non-hydrogen) atoms. The number of hydrogen-bond donors (Lipinski definition) is 1. The Hall–Kier alpha value is -2.40. The van der Waals surface area contributed by atoms with Gasteiger partial charge in [-0.2, -0.15) is 0 Å². The van der Waals surface area contributed by atoms with E-state index in [1.165, 1.54) is 0 Å². The number of hydrogen-bond acceptors (Lipinski definition) is 4. The first-order valence-corrected chi connectivity index (χ1v) is 7.88. The van der Waals surface area contributed by atoms with Crippen LogP contribution in [0.1, 0.15) is 23.2 Å². The van der Waals surface area contributed by atoms with Crippen molar-refractivity contribution >= 4 is 5.91 Å². The standard InChI is InChI=1S/C18H21N3O2/c1-21-11-5-6-14(13-21)20-18(22)16-8-2-3-9-17(16)23-15-7-4-10-19-12-15/h2-4,7-10,12,14H,5-6,11,13H2,1H3,(H,20,22)/t14-/m0/s1. The number of nitrogens with zero attached hydrogens (tertiary/aromatic N) is 2. The Kier molecular flexibility index (Phi) is 4.88. The van der Waals surface area contributed by atoms with E-state index in [9.17, 15) is 4.79 Å². The van der Waals surface area contributed by atoms with Crippen LogP contribution in [0, 0.1) is 0 Å². The molecule has 5 nitrogen and oxygen atoms in total. The van der Waals surface area contributed by atoms with Crippen LogP contribution in [0.15, 0.2) is 48.8 Å². The minimum atomic E-state index is -0.0928. The average molecular weight is 311 g/mol. The molecule has 0 radical (unpaired) electrons. The van der Waals surface area contributed by atoms with Gasteiger partial charge in [0.1, 0.15) is 11.5 Å². The van der Waals surface area contributed by atoms with Crippen molar-refractivity contribution in [3.05, 3.63) is 54.4 Å². The van der Waals surface area contributed by atoms with Crippen molar-refractivity contribution in [2.75, 3.05) is 20.1 Å². The number of likely N-dealkylation sites (tertiary alicyclic amines) is 1. The van der Waals surface area contributed by atoms with Gasteiger partial charge in [0, 0.05) is 18.8 Å². The third kappa shape index (κ3) is 4.07. The normalized spacial score (nSPS) is 18.4. The molecule has 1 aliphatic heterocycles. The van der Waals surface area contributed by atoms with Crippen LogP contribution in [0.2, 0.25) is 0 Å². The number of aromatic nitrogens is 1. The Morgan fingerprint density at radius 1 is 1.30 bits per heavy atom. The first-order chi connectivity index (χ1) is 11.2. The Morgan fingerprint density at radius 3 is 2.96 bits per heavy atom. The predicted octanol–water partition coefficient (Wildman–Crippen LogP) is 2.70. The molecule has 1 aromatic carbocycles. The summed E-state index contributed by atoms with van der Waals surface area (Å²) in [6, 6.07) is 11.1. The number of nitrogens with one attached hydrogen (secondary N) is 1. The number of pyridine rings is 1. The molecule has 0 saturated carbocycles. The number of carbonyl (C=O) groups excluding carboxylic acids is 1. The molecular weight excluding hydrogens is 290 g/mol. The lowest BCUT2D eigenvalue weighted by Gasteiger charge is -2.30. The van der Waals surface area contributed by atoms with Crippen LogP contribution in [0.4, 0.5) is 0 Å². The first-order valence-electron chi connectivity index (χ1n) is 7.88. The molecule has 2 aromatic rings. The molecule has 1 amide bonds. The van der Waals surface area contributed by atoms with Gasteiger partial charge in [-0.05, 0) is 50.7 Å². The van der Waals surface area contributed by atoms with Gasteiger partial charge in [-0.3, -0.25) is 9.78 Å². The summed E-state index contributed by atoms with van der Waals surface area (Å²) in [5, 5.41) is 3.12. The summed E-state index contributed by atoms with van der Waals surface area (Å²) in [4.78, 5) is 18.9. The molecule has 0 aliphatic carbocycles. The molecule has 2 heterocycles. The number of para-hydroxylation sites is 1. The Labute approximate surface area is 136 Å². The van der Waals surface area contributed by atoms with Crippen LogP contribution >= 0.6 is 0 Å². The van der Waals surface area contributed by atoms with Crippen LogP contribution in [0.25, 0.3) is 0 Å². The molecule has 5 heteroatoms. The van der Waals surface area contributed by atoms with Gasteiger partial charge in [-0.1, -0.05) is 12.1 Å². The summed E-state index contributed by atoms with van der Waals surface area (Å²) < 4.78 is 5.81. The van der Waals surface area contributed by atoms with Crippen molar-refractivity contribution < 1.29 is 9.53 Å². The van der Waals surface area contributed by atoms with Gasteiger partial charge in [0.05, 0.1) is 11.8 Å². The minimum Gasteiger partial charge on any atom is -0.455 e. The summed E-state index contributed by atoms with van der Waals surface area (Å²) in [7, 11) is 2.08. The summed E-state index contributed by atoms with van der Waals surface area (Å²) in [5.74, 6) is 1.07. The van der Waals surface area contributed by atoms with E-state index < -0.39 is 0 Å². The highest BCUT2D eigenvalue weighted by Crippen LogP contribution is 2.24. The summed E-state index contributed by atoms with van der Waals surface area (Å²) >= 11 is 0. The predicted molar refractivity (Wildman–Crippen MR) is 88.7 cm³/mol. The number of amides is 1. The maximum absolute atomic E-state index is 12.6. The van der Waals surface area contributed by atoms with E-state index in [1.807, 2.05) is 18.2 Å². The molecule has 1 fully saturated rings. The lowest BCUT2D eigenvalue weighted by molar-refractivity contribution is 0.0910. The van der Waals surface area contributed by atoms with E-state index in [0.717, 1.165) is 25.9 Å².